The molecule has 0 amide bonds. The summed E-state index contributed by atoms with van der Waals surface area (Å²) in [6, 6.07) is 10.2. The third-order valence-electron chi connectivity index (χ3n) is 3.01. The Kier molecular flexibility index (Phi) is 6.42. The van der Waals surface area contributed by atoms with Crippen molar-refractivity contribution in [3.63, 3.8) is 0 Å². The minimum absolute atomic E-state index is 0.109. The van der Waals surface area contributed by atoms with Gasteiger partial charge in [0.15, 0.2) is 0 Å². The summed E-state index contributed by atoms with van der Waals surface area (Å²) in [4.78, 5) is 0. The summed E-state index contributed by atoms with van der Waals surface area (Å²) < 4.78 is 10.8. The number of hydrogen-bond donors (Lipinski definition) is 0. The molecule has 0 bridgehead atoms. The Morgan fingerprint density at radius 1 is 1.37 bits per heavy atom. The lowest BCUT2D eigenvalue weighted by molar-refractivity contribution is 0.119. The predicted molar refractivity (Wildman–Crippen MR) is 78.5 cm³/mol. The fraction of sp³-hybridized carbons (Fsp3) is 0.500. The number of alkyl halides is 1. The molecule has 0 spiro atoms. The molecule has 2 rings (SSSR count). The van der Waals surface area contributed by atoms with E-state index in [2.05, 4.69) is 24.3 Å². The molecule has 0 saturated carbocycles. The average Bonchev–Trinajstić information content (AvgIpc) is 3.23. The van der Waals surface area contributed by atoms with Crippen molar-refractivity contribution in [3.05, 3.63) is 48.0 Å². The number of epoxide rings is 1. The van der Waals surface area contributed by atoms with Gasteiger partial charge in [-0.25, -0.2) is 0 Å². The largest absolute Gasteiger partial charge is 0.377 e. The van der Waals surface area contributed by atoms with Gasteiger partial charge in [0, 0.05) is 6.61 Å². The van der Waals surface area contributed by atoms with Crippen LogP contribution in [-0.4, -0.2) is 24.7 Å². The number of rotatable bonds is 9. The zero-order chi connectivity index (χ0) is 13.3. The fourth-order valence-corrected chi connectivity index (χ4v) is 2.15. The number of benzene rings is 1. The highest BCUT2D eigenvalue weighted by molar-refractivity contribution is 6.21. The molecule has 1 aromatic carbocycles. The van der Waals surface area contributed by atoms with Gasteiger partial charge in [-0.1, -0.05) is 42.5 Å². The Morgan fingerprint density at radius 2 is 2.16 bits per heavy atom. The topological polar surface area (TPSA) is 21.8 Å². The molecule has 2 nitrogen and oxygen atoms in total. The number of unbranched alkanes of at least 4 members (excludes halogenated alkanes) is 1. The van der Waals surface area contributed by atoms with Crippen LogP contribution in [0.25, 0.3) is 0 Å². The van der Waals surface area contributed by atoms with E-state index < -0.39 is 0 Å². The van der Waals surface area contributed by atoms with Gasteiger partial charge in [-0.05, 0) is 24.8 Å². The van der Waals surface area contributed by atoms with Crippen molar-refractivity contribution in [2.75, 3.05) is 13.2 Å². The van der Waals surface area contributed by atoms with E-state index in [1.807, 2.05) is 18.2 Å². The van der Waals surface area contributed by atoms with Crippen LogP contribution in [0.1, 0.15) is 24.8 Å². The van der Waals surface area contributed by atoms with E-state index in [4.69, 9.17) is 21.1 Å². The first-order valence-corrected chi connectivity index (χ1v) is 7.32. The molecule has 19 heavy (non-hydrogen) atoms. The van der Waals surface area contributed by atoms with Crippen LogP contribution >= 0.6 is 11.6 Å². The summed E-state index contributed by atoms with van der Waals surface area (Å²) in [7, 11) is 0. The smallest absolute Gasteiger partial charge is 0.0827 e. The molecule has 104 valence electrons. The summed E-state index contributed by atoms with van der Waals surface area (Å²) in [5.41, 5.74) is 1.23. The molecule has 0 radical (unpaired) electrons. The third-order valence-corrected chi connectivity index (χ3v) is 3.33. The molecule has 1 fully saturated rings. The predicted octanol–water partition coefficient (Wildman–Crippen LogP) is 3.94. The van der Waals surface area contributed by atoms with Crippen molar-refractivity contribution in [3.8, 4) is 0 Å². The van der Waals surface area contributed by atoms with Gasteiger partial charge in [-0.15, -0.1) is 11.6 Å². The summed E-state index contributed by atoms with van der Waals surface area (Å²) >= 11 is 6.14. The highest BCUT2D eigenvalue weighted by Crippen LogP contribution is 2.19. The fourth-order valence-electron chi connectivity index (χ4n) is 1.85. The first kappa shape index (κ1) is 14.6. The second kappa shape index (κ2) is 8.36. The van der Waals surface area contributed by atoms with Crippen molar-refractivity contribution >= 4 is 11.6 Å². The SMILES string of the molecule is ClC(C=CCCCOCc1ccccc1)CC1CO1. The standard InChI is InChI=1S/C16H21ClO2/c17-15(11-16-13-19-16)9-5-2-6-10-18-12-14-7-3-1-4-8-14/h1,3-5,7-9,15-16H,2,6,10-13H2. The first-order chi connectivity index (χ1) is 9.34. The Labute approximate surface area is 120 Å². The van der Waals surface area contributed by atoms with E-state index >= 15 is 0 Å². The molecular weight excluding hydrogens is 260 g/mol. The van der Waals surface area contributed by atoms with Crippen LogP contribution in [-0.2, 0) is 16.1 Å². The zero-order valence-corrected chi connectivity index (χ0v) is 11.9. The van der Waals surface area contributed by atoms with E-state index in [9.17, 15) is 0 Å². The number of hydrogen-bond acceptors (Lipinski definition) is 2. The summed E-state index contributed by atoms with van der Waals surface area (Å²) in [5, 5.41) is 0.109. The molecule has 0 aliphatic carbocycles. The van der Waals surface area contributed by atoms with Gasteiger partial charge >= 0.3 is 0 Å². The lowest BCUT2D eigenvalue weighted by atomic mass is 10.2. The maximum absolute atomic E-state index is 6.14. The molecule has 1 aliphatic heterocycles. The Morgan fingerprint density at radius 3 is 2.89 bits per heavy atom. The van der Waals surface area contributed by atoms with Gasteiger partial charge < -0.3 is 9.47 Å². The molecule has 0 N–H and O–H groups in total. The lowest BCUT2D eigenvalue weighted by Gasteiger charge is -2.03. The minimum atomic E-state index is 0.109. The number of allylic oxidation sites excluding steroid dienone is 2. The monoisotopic (exact) mass is 280 g/mol. The van der Waals surface area contributed by atoms with Crippen LogP contribution in [0, 0.1) is 0 Å². The lowest BCUT2D eigenvalue weighted by Crippen LogP contribution is -1.99. The van der Waals surface area contributed by atoms with E-state index in [0.29, 0.717) is 12.7 Å². The van der Waals surface area contributed by atoms with E-state index in [1.165, 1.54) is 5.56 Å². The molecule has 2 atom stereocenters. The molecule has 1 heterocycles. The first-order valence-electron chi connectivity index (χ1n) is 6.88. The zero-order valence-electron chi connectivity index (χ0n) is 11.1. The van der Waals surface area contributed by atoms with Crippen LogP contribution in [0.5, 0.6) is 0 Å². The molecule has 0 aromatic heterocycles. The molecule has 1 aromatic rings. The number of ether oxygens (including phenoxy) is 2. The van der Waals surface area contributed by atoms with Crippen LogP contribution in [0.2, 0.25) is 0 Å². The molecule has 1 aliphatic rings. The summed E-state index contributed by atoms with van der Waals surface area (Å²) in [6.07, 6.45) is 7.60. The van der Waals surface area contributed by atoms with Crippen molar-refractivity contribution in [2.45, 2.75) is 37.4 Å². The van der Waals surface area contributed by atoms with E-state index in [0.717, 1.165) is 32.5 Å². The van der Waals surface area contributed by atoms with Crippen molar-refractivity contribution < 1.29 is 9.47 Å². The molecular formula is C16H21ClO2. The Balaban J connectivity index is 1.46. The van der Waals surface area contributed by atoms with Gasteiger partial charge in [0.05, 0.1) is 24.7 Å². The Hall–Kier alpha value is -0.830. The quantitative estimate of drug-likeness (QED) is 0.296. The van der Waals surface area contributed by atoms with E-state index in [-0.39, 0.29) is 5.38 Å². The average molecular weight is 281 g/mol. The van der Waals surface area contributed by atoms with Gasteiger partial charge in [0.25, 0.3) is 0 Å². The van der Waals surface area contributed by atoms with Gasteiger partial charge in [-0.2, -0.15) is 0 Å². The molecule has 2 unspecified atom stereocenters. The minimum Gasteiger partial charge on any atom is -0.377 e. The van der Waals surface area contributed by atoms with Crippen LogP contribution in [0.3, 0.4) is 0 Å². The highest BCUT2D eigenvalue weighted by atomic mass is 35.5. The van der Waals surface area contributed by atoms with Gasteiger partial charge in [-0.3, -0.25) is 0 Å². The maximum Gasteiger partial charge on any atom is 0.0827 e. The van der Waals surface area contributed by atoms with Crippen molar-refractivity contribution in [2.24, 2.45) is 0 Å². The normalized spacial score (nSPS) is 19.7. The van der Waals surface area contributed by atoms with Crippen molar-refractivity contribution in [1.29, 1.82) is 0 Å². The van der Waals surface area contributed by atoms with Crippen molar-refractivity contribution in [1.82, 2.24) is 0 Å². The number of halogens is 1. The van der Waals surface area contributed by atoms with Gasteiger partial charge in [0.1, 0.15) is 0 Å². The molecule has 3 heteroatoms. The second-order valence-corrected chi connectivity index (χ2v) is 5.38. The summed E-state index contributed by atoms with van der Waals surface area (Å²) in [5.74, 6) is 0. The second-order valence-electron chi connectivity index (χ2n) is 4.82. The van der Waals surface area contributed by atoms with Crippen LogP contribution in [0.15, 0.2) is 42.5 Å². The molecule has 1 saturated heterocycles. The maximum atomic E-state index is 6.14. The van der Waals surface area contributed by atoms with E-state index in [1.54, 1.807) is 0 Å². The Bertz CT molecular complexity index is 374. The summed E-state index contributed by atoms with van der Waals surface area (Å²) in [6.45, 7) is 2.37. The third kappa shape index (κ3) is 6.76. The van der Waals surface area contributed by atoms with Crippen LogP contribution < -0.4 is 0 Å². The van der Waals surface area contributed by atoms with Crippen LogP contribution in [0.4, 0.5) is 0 Å². The highest BCUT2D eigenvalue weighted by Gasteiger charge is 2.24. The van der Waals surface area contributed by atoms with Gasteiger partial charge in [0.2, 0.25) is 0 Å².